The van der Waals surface area contributed by atoms with Gasteiger partial charge in [-0.1, -0.05) is 12.1 Å². The third kappa shape index (κ3) is 4.09. The van der Waals surface area contributed by atoms with Crippen molar-refractivity contribution in [2.75, 3.05) is 6.54 Å². The lowest BCUT2D eigenvalue weighted by Crippen LogP contribution is -2.13. The second-order valence-electron chi connectivity index (χ2n) is 5.00. The average molecular weight is 278 g/mol. The summed E-state index contributed by atoms with van der Waals surface area (Å²) in [5.74, 6) is 1.45. The van der Waals surface area contributed by atoms with Crippen LogP contribution in [0.15, 0.2) is 23.0 Å². The van der Waals surface area contributed by atoms with Crippen molar-refractivity contribution in [2.24, 2.45) is 0 Å². The Morgan fingerprint density at radius 3 is 3.00 bits per heavy atom. The van der Waals surface area contributed by atoms with Crippen LogP contribution in [-0.4, -0.2) is 21.5 Å². The van der Waals surface area contributed by atoms with Crippen LogP contribution in [-0.2, 0) is 13.2 Å². The monoisotopic (exact) mass is 278 g/mol. The Balaban J connectivity index is 1.81. The van der Waals surface area contributed by atoms with Crippen LogP contribution in [0.4, 0.5) is 0 Å². The Hall–Kier alpha value is -1.82. The Labute approximate surface area is 119 Å². The number of hydrogen-bond donors (Lipinski definition) is 1. The molecule has 2 rings (SSSR count). The van der Waals surface area contributed by atoms with Crippen LogP contribution in [0.25, 0.3) is 0 Å². The van der Waals surface area contributed by atoms with Gasteiger partial charge >= 0.3 is 0 Å². The molecule has 0 saturated heterocycles. The second-order valence-corrected chi connectivity index (χ2v) is 5.00. The fourth-order valence-corrected chi connectivity index (χ4v) is 1.73. The van der Waals surface area contributed by atoms with Crippen molar-refractivity contribution in [2.45, 2.75) is 46.4 Å². The predicted octanol–water partition coefficient (Wildman–Crippen LogP) is 2.53. The molecule has 0 amide bonds. The minimum absolute atomic E-state index is 0.328. The van der Waals surface area contributed by atoms with E-state index in [4.69, 9.17) is 9.26 Å². The van der Waals surface area contributed by atoms with Crippen molar-refractivity contribution in [3.63, 3.8) is 0 Å². The number of nitrogens with zero attached hydrogens (tertiary/aromatic N) is 3. The molecule has 2 aromatic rings. The van der Waals surface area contributed by atoms with Crippen LogP contribution in [0.1, 0.15) is 44.7 Å². The van der Waals surface area contributed by atoms with E-state index in [9.17, 15) is 0 Å². The van der Waals surface area contributed by atoms with Gasteiger partial charge in [-0.3, -0.25) is 4.68 Å². The zero-order chi connectivity index (χ0) is 14.4. The van der Waals surface area contributed by atoms with Gasteiger partial charge in [-0.2, -0.15) is 5.10 Å². The summed E-state index contributed by atoms with van der Waals surface area (Å²) in [5, 5.41) is 11.5. The zero-order valence-corrected chi connectivity index (χ0v) is 12.3. The number of nitrogens with one attached hydrogen (secondary N) is 1. The summed E-state index contributed by atoms with van der Waals surface area (Å²) in [7, 11) is 0. The zero-order valence-electron chi connectivity index (χ0n) is 12.3. The highest BCUT2D eigenvalue weighted by Crippen LogP contribution is 2.14. The number of rotatable bonds is 8. The van der Waals surface area contributed by atoms with Crippen molar-refractivity contribution >= 4 is 0 Å². The minimum atomic E-state index is 0.328. The standard InChI is InChI=1S/C14H22N4O2/c1-4-5-15-7-12-6-13(20-17-12)10-19-14-8-16-18(9-14)11(2)3/h6,8-9,11,15H,4-5,7,10H2,1-3H3. The van der Waals surface area contributed by atoms with Crippen molar-refractivity contribution < 1.29 is 9.26 Å². The number of ether oxygens (including phenoxy) is 1. The van der Waals surface area contributed by atoms with Crippen LogP contribution in [0.5, 0.6) is 5.75 Å². The Morgan fingerprint density at radius 2 is 2.30 bits per heavy atom. The Kier molecular flexibility index (Phi) is 5.17. The highest BCUT2D eigenvalue weighted by molar-refractivity contribution is 5.13. The molecule has 110 valence electrons. The third-order valence-electron chi connectivity index (χ3n) is 2.83. The van der Waals surface area contributed by atoms with Gasteiger partial charge in [0.25, 0.3) is 0 Å². The van der Waals surface area contributed by atoms with Gasteiger partial charge in [0.05, 0.1) is 18.1 Å². The van der Waals surface area contributed by atoms with E-state index in [1.807, 2.05) is 16.9 Å². The molecule has 6 nitrogen and oxygen atoms in total. The molecule has 0 unspecified atom stereocenters. The van der Waals surface area contributed by atoms with Gasteiger partial charge in [0.15, 0.2) is 11.5 Å². The van der Waals surface area contributed by atoms with Gasteiger partial charge < -0.3 is 14.6 Å². The van der Waals surface area contributed by atoms with Crippen LogP contribution < -0.4 is 10.1 Å². The molecule has 0 aliphatic rings. The van der Waals surface area contributed by atoms with E-state index in [0.29, 0.717) is 12.6 Å². The molecule has 6 heteroatoms. The summed E-state index contributed by atoms with van der Waals surface area (Å²) in [6.45, 7) is 8.35. The van der Waals surface area contributed by atoms with Crippen molar-refractivity contribution in [3.05, 3.63) is 29.9 Å². The fraction of sp³-hybridized carbons (Fsp3) is 0.571. The van der Waals surface area contributed by atoms with Crippen LogP contribution >= 0.6 is 0 Å². The molecular weight excluding hydrogens is 256 g/mol. The van der Waals surface area contributed by atoms with Gasteiger partial charge in [-0.25, -0.2) is 0 Å². The lowest BCUT2D eigenvalue weighted by molar-refractivity contribution is 0.248. The van der Waals surface area contributed by atoms with E-state index in [0.717, 1.165) is 36.7 Å². The van der Waals surface area contributed by atoms with Gasteiger partial charge in [-0.05, 0) is 26.8 Å². The molecule has 0 spiro atoms. The molecule has 0 atom stereocenters. The molecule has 0 radical (unpaired) electrons. The normalized spacial score (nSPS) is 11.2. The summed E-state index contributed by atoms with van der Waals surface area (Å²) in [6, 6.07) is 2.24. The van der Waals surface area contributed by atoms with E-state index < -0.39 is 0 Å². The van der Waals surface area contributed by atoms with E-state index >= 15 is 0 Å². The van der Waals surface area contributed by atoms with Crippen LogP contribution in [0.3, 0.4) is 0 Å². The molecule has 0 saturated carbocycles. The summed E-state index contributed by atoms with van der Waals surface area (Å²) < 4.78 is 12.7. The Bertz CT molecular complexity index is 519. The van der Waals surface area contributed by atoms with E-state index in [1.165, 1.54) is 0 Å². The van der Waals surface area contributed by atoms with Gasteiger partial charge in [0, 0.05) is 18.7 Å². The molecule has 0 bridgehead atoms. The largest absolute Gasteiger partial charge is 0.482 e. The summed E-state index contributed by atoms with van der Waals surface area (Å²) in [6.07, 6.45) is 4.69. The van der Waals surface area contributed by atoms with Crippen molar-refractivity contribution in [3.8, 4) is 5.75 Å². The summed E-state index contributed by atoms with van der Waals surface area (Å²) >= 11 is 0. The lowest BCUT2D eigenvalue weighted by Gasteiger charge is -2.03. The van der Waals surface area contributed by atoms with Gasteiger partial charge in [0.2, 0.25) is 0 Å². The van der Waals surface area contributed by atoms with E-state index in [-0.39, 0.29) is 0 Å². The van der Waals surface area contributed by atoms with E-state index in [1.54, 1.807) is 6.20 Å². The first-order chi connectivity index (χ1) is 9.69. The first-order valence-electron chi connectivity index (χ1n) is 7.01. The molecule has 2 aromatic heterocycles. The maximum absolute atomic E-state index is 5.62. The highest BCUT2D eigenvalue weighted by atomic mass is 16.5. The summed E-state index contributed by atoms with van der Waals surface area (Å²) in [5.41, 5.74) is 0.898. The molecule has 0 aromatic carbocycles. The van der Waals surface area contributed by atoms with Crippen LogP contribution in [0.2, 0.25) is 0 Å². The third-order valence-corrected chi connectivity index (χ3v) is 2.83. The SMILES string of the molecule is CCCNCc1cc(COc2cnn(C(C)C)c2)on1. The topological polar surface area (TPSA) is 65.1 Å². The summed E-state index contributed by atoms with van der Waals surface area (Å²) in [4.78, 5) is 0. The molecule has 0 aliphatic heterocycles. The van der Waals surface area contributed by atoms with Gasteiger partial charge in [0.1, 0.15) is 6.61 Å². The maximum atomic E-state index is 5.62. The van der Waals surface area contributed by atoms with Crippen molar-refractivity contribution in [1.82, 2.24) is 20.3 Å². The lowest BCUT2D eigenvalue weighted by atomic mass is 10.3. The quantitative estimate of drug-likeness (QED) is 0.752. The fourth-order valence-electron chi connectivity index (χ4n) is 1.73. The smallest absolute Gasteiger partial charge is 0.174 e. The molecule has 0 fully saturated rings. The first kappa shape index (κ1) is 14.6. The van der Waals surface area contributed by atoms with Crippen LogP contribution in [0, 0.1) is 0 Å². The number of aromatic nitrogens is 3. The maximum Gasteiger partial charge on any atom is 0.174 e. The second kappa shape index (κ2) is 7.09. The van der Waals surface area contributed by atoms with Gasteiger partial charge in [-0.15, -0.1) is 0 Å². The molecule has 0 aliphatic carbocycles. The van der Waals surface area contributed by atoms with E-state index in [2.05, 4.69) is 36.3 Å². The van der Waals surface area contributed by atoms with Crippen molar-refractivity contribution in [1.29, 1.82) is 0 Å². The highest BCUT2D eigenvalue weighted by Gasteiger charge is 2.07. The first-order valence-corrected chi connectivity index (χ1v) is 7.01. The average Bonchev–Trinajstić information content (AvgIpc) is 3.05. The number of hydrogen-bond acceptors (Lipinski definition) is 5. The molecule has 20 heavy (non-hydrogen) atoms. The predicted molar refractivity (Wildman–Crippen MR) is 75.4 cm³/mol. The Morgan fingerprint density at radius 1 is 1.45 bits per heavy atom. The molecule has 2 heterocycles. The molecular formula is C14H22N4O2. The minimum Gasteiger partial charge on any atom is -0.482 e. The molecule has 1 N–H and O–H groups in total.